The minimum absolute atomic E-state index is 0.408. The summed E-state index contributed by atoms with van der Waals surface area (Å²) in [4.78, 5) is 9.14. The van der Waals surface area contributed by atoms with E-state index in [2.05, 4.69) is 15.9 Å². The van der Waals surface area contributed by atoms with Gasteiger partial charge in [0.1, 0.15) is 5.75 Å². The number of rotatable bonds is 3. The van der Waals surface area contributed by atoms with Crippen LogP contribution in [0.15, 0.2) is 24.3 Å². The van der Waals surface area contributed by atoms with Crippen molar-refractivity contribution < 1.29 is 9.66 Å². The van der Waals surface area contributed by atoms with E-state index in [4.69, 9.17) is 4.74 Å². The van der Waals surface area contributed by atoms with Gasteiger partial charge in [0.25, 0.3) is 4.95 Å². The summed E-state index contributed by atoms with van der Waals surface area (Å²) in [7, 11) is 1.52. The van der Waals surface area contributed by atoms with Gasteiger partial charge in [-0.1, -0.05) is 12.1 Å². The molecule has 0 aliphatic heterocycles. The van der Waals surface area contributed by atoms with E-state index < -0.39 is 9.87 Å². The molecule has 4 nitrogen and oxygen atoms in total. The second-order valence-corrected chi connectivity index (χ2v) is 3.27. The van der Waals surface area contributed by atoms with E-state index in [0.717, 1.165) is 0 Å². The van der Waals surface area contributed by atoms with E-state index >= 15 is 0 Å². The van der Waals surface area contributed by atoms with E-state index in [1.807, 2.05) is 0 Å². The highest BCUT2D eigenvalue weighted by Gasteiger charge is 2.17. The highest BCUT2D eigenvalue weighted by Crippen LogP contribution is 2.25. The first-order chi connectivity index (χ1) is 6.15. The predicted molar refractivity (Wildman–Crippen MR) is 51.7 cm³/mol. The van der Waals surface area contributed by atoms with E-state index in [-0.39, 0.29) is 0 Å². The summed E-state index contributed by atoms with van der Waals surface area (Å²) in [5.41, 5.74) is 0.573. The van der Waals surface area contributed by atoms with Crippen LogP contribution in [0.5, 0.6) is 5.75 Å². The molecule has 13 heavy (non-hydrogen) atoms. The number of benzene rings is 1. The molecule has 1 aromatic carbocycles. The Morgan fingerprint density at radius 3 is 2.85 bits per heavy atom. The summed E-state index contributed by atoms with van der Waals surface area (Å²) in [5.74, 6) is 0.615. The number of nitrogens with zero attached hydrogens (tertiary/aromatic N) is 1. The molecular weight excluding hydrogens is 238 g/mol. The van der Waals surface area contributed by atoms with Crippen molar-refractivity contribution >= 4 is 15.9 Å². The third-order valence-corrected chi connectivity index (χ3v) is 2.42. The third kappa shape index (κ3) is 2.42. The first-order valence-corrected chi connectivity index (χ1v) is 4.48. The molecule has 0 amide bonds. The Hall–Kier alpha value is -1.10. The molecule has 1 unspecified atom stereocenters. The average molecular weight is 246 g/mol. The van der Waals surface area contributed by atoms with Gasteiger partial charge >= 0.3 is 0 Å². The summed E-state index contributed by atoms with van der Waals surface area (Å²) < 4.78 is 4.94. The van der Waals surface area contributed by atoms with Crippen molar-refractivity contribution in [3.63, 3.8) is 0 Å². The fourth-order valence-corrected chi connectivity index (χ4v) is 1.20. The summed E-state index contributed by atoms with van der Waals surface area (Å²) >= 11 is 2.96. The van der Waals surface area contributed by atoms with E-state index in [1.54, 1.807) is 24.3 Å². The largest absolute Gasteiger partial charge is 0.497 e. The van der Waals surface area contributed by atoms with E-state index in [0.29, 0.717) is 11.3 Å². The second kappa shape index (κ2) is 4.23. The maximum Gasteiger partial charge on any atom is 0.291 e. The molecule has 0 fully saturated rings. The normalized spacial score (nSPS) is 12.2. The van der Waals surface area contributed by atoms with E-state index in [1.165, 1.54) is 7.11 Å². The van der Waals surface area contributed by atoms with E-state index in [9.17, 15) is 10.1 Å². The Morgan fingerprint density at radius 1 is 1.62 bits per heavy atom. The molecule has 0 saturated heterocycles. The van der Waals surface area contributed by atoms with Gasteiger partial charge in [0.15, 0.2) is 0 Å². The molecule has 0 spiro atoms. The number of hydrogen-bond donors (Lipinski definition) is 0. The molecule has 5 heteroatoms. The Bertz CT molecular complexity index is 316. The molecule has 0 bridgehead atoms. The van der Waals surface area contributed by atoms with Crippen molar-refractivity contribution in [1.82, 2.24) is 0 Å². The quantitative estimate of drug-likeness (QED) is 0.356. The number of ether oxygens (including phenoxy) is 1. The lowest BCUT2D eigenvalue weighted by Gasteiger charge is -2.04. The Kier molecular flexibility index (Phi) is 3.25. The van der Waals surface area contributed by atoms with Crippen LogP contribution in [0, 0.1) is 10.1 Å². The van der Waals surface area contributed by atoms with Gasteiger partial charge in [-0.05, 0) is 12.1 Å². The standard InChI is InChI=1S/C8H8BrNO3/c1-13-7-4-2-3-6(5-7)8(9)10(11)12/h2-5,8H,1H3. The molecule has 1 atom stereocenters. The zero-order chi connectivity index (χ0) is 9.84. The maximum absolute atomic E-state index is 10.4. The highest BCUT2D eigenvalue weighted by molar-refractivity contribution is 9.09. The highest BCUT2D eigenvalue weighted by atomic mass is 79.9. The minimum Gasteiger partial charge on any atom is -0.497 e. The number of methoxy groups -OCH3 is 1. The first-order valence-electron chi connectivity index (χ1n) is 3.56. The van der Waals surface area contributed by atoms with Gasteiger partial charge in [0.2, 0.25) is 0 Å². The fourth-order valence-electron chi connectivity index (χ4n) is 0.911. The number of alkyl halides is 1. The van der Waals surface area contributed by atoms with Crippen molar-refractivity contribution in [2.24, 2.45) is 0 Å². The van der Waals surface area contributed by atoms with Gasteiger partial charge in [0, 0.05) is 26.4 Å². The SMILES string of the molecule is COc1cccc(C(Br)[N+](=O)[O-])c1. The number of hydrogen-bond acceptors (Lipinski definition) is 3. The van der Waals surface area contributed by atoms with Crippen LogP contribution in [0.1, 0.15) is 10.5 Å². The van der Waals surface area contributed by atoms with Crippen LogP contribution in [-0.2, 0) is 0 Å². The molecule has 0 N–H and O–H groups in total. The van der Waals surface area contributed by atoms with Crippen LogP contribution >= 0.6 is 15.9 Å². The molecule has 0 heterocycles. The van der Waals surface area contributed by atoms with Crippen molar-refractivity contribution in [1.29, 1.82) is 0 Å². The lowest BCUT2D eigenvalue weighted by atomic mass is 10.2. The average Bonchev–Trinajstić information content (AvgIpc) is 2.16. The zero-order valence-electron chi connectivity index (χ0n) is 6.94. The summed E-state index contributed by atoms with van der Waals surface area (Å²) in [6, 6.07) is 6.75. The molecule has 0 radical (unpaired) electrons. The monoisotopic (exact) mass is 245 g/mol. The van der Waals surface area contributed by atoms with Gasteiger partial charge in [-0.25, -0.2) is 0 Å². The van der Waals surface area contributed by atoms with Gasteiger partial charge in [-0.2, -0.15) is 0 Å². The summed E-state index contributed by atoms with van der Waals surface area (Å²) in [6.07, 6.45) is 0. The number of halogens is 1. The van der Waals surface area contributed by atoms with Crippen molar-refractivity contribution in [2.75, 3.05) is 7.11 Å². The van der Waals surface area contributed by atoms with Gasteiger partial charge < -0.3 is 4.74 Å². The summed E-state index contributed by atoms with van der Waals surface area (Å²) in [5, 5.41) is 10.4. The molecule has 70 valence electrons. The van der Waals surface area contributed by atoms with Crippen LogP contribution in [0.25, 0.3) is 0 Å². The number of nitro groups is 1. The van der Waals surface area contributed by atoms with Crippen LogP contribution in [0.3, 0.4) is 0 Å². The maximum atomic E-state index is 10.4. The smallest absolute Gasteiger partial charge is 0.291 e. The van der Waals surface area contributed by atoms with Gasteiger partial charge in [-0.3, -0.25) is 10.1 Å². The van der Waals surface area contributed by atoms with Crippen molar-refractivity contribution in [2.45, 2.75) is 4.95 Å². The molecule has 0 saturated carbocycles. The van der Waals surface area contributed by atoms with Crippen LogP contribution in [-0.4, -0.2) is 12.0 Å². The Labute approximate surface area is 83.8 Å². The second-order valence-electron chi connectivity index (χ2n) is 2.40. The summed E-state index contributed by atoms with van der Waals surface area (Å²) in [6.45, 7) is 0. The molecule has 1 rings (SSSR count). The minimum atomic E-state index is -0.873. The van der Waals surface area contributed by atoms with Crippen molar-refractivity contribution in [3.05, 3.63) is 39.9 Å². The van der Waals surface area contributed by atoms with Gasteiger partial charge in [0.05, 0.1) is 7.11 Å². The topological polar surface area (TPSA) is 52.4 Å². The molecule has 0 aromatic heterocycles. The van der Waals surface area contributed by atoms with Crippen LogP contribution < -0.4 is 4.74 Å². The Morgan fingerprint density at radius 2 is 2.31 bits per heavy atom. The van der Waals surface area contributed by atoms with Gasteiger partial charge in [-0.15, -0.1) is 0 Å². The van der Waals surface area contributed by atoms with Crippen LogP contribution in [0.4, 0.5) is 0 Å². The fraction of sp³-hybridized carbons (Fsp3) is 0.250. The van der Waals surface area contributed by atoms with Crippen molar-refractivity contribution in [3.8, 4) is 5.75 Å². The lowest BCUT2D eigenvalue weighted by molar-refractivity contribution is -0.498. The molecular formula is C8H8BrNO3. The predicted octanol–water partition coefficient (Wildman–Crippen LogP) is 2.37. The Balaban J connectivity index is 2.94. The molecule has 1 aromatic rings. The molecule has 0 aliphatic rings. The molecule has 0 aliphatic carbocycles. The third-order valence-electron chi connectivity index (χ3n) is 1.55. The first kappa shape index (κ1) is 9.98. The van der Waals surface area contributed by atoms with Crippen LogP contribution in [0.2, 0.25) is 0 Å². The lowest BCUT2D eigenvalue weighted by Crippen LogP contribution is -2.02. The zero-order valence-corrected chi connectivity index (χ0v) is 8.52.